The molecule has 2 aliphatic rings. The maximum absolute atomic E-state index is 12.0. The molecule has 92 valence electrons. The van der Waals surface area contributed by atoms with Gasteiger partial charge in [-0.25, -0.2) is 5.26 Å². The fourth-order valence-electron chi connectivity index (χ4n) is 3.44. The Labute approximate surface area is 94.8 Å². The molecular weight excluding hydrogens is 232 g/mol. The lowest BCUT2D eigenvalue weighted by Crippen LogP contribution is -2.42. The Morgan fingerprint density at radius 1 is 1.50 bits per heavy atom. The third kappa shape index (κ3) is 1.36. The average molecular weight is 248 g/mol. The molecule has 0 aromatic heterocycles. The molecule has 0 saturated heterocycles. The van der Waals surface area contributed by atoms with E-state index in [0.717, 1.165) is 6.42 Å². The monoisotopic (exact) mass is 248 g/mol. The van der Waals surface area contributed by atoms with Crippen LogP contribution in [0.2, 0.25) is 0 Å². The van der Waals surface area contributed by atoms with Crippen LogP contribution in [0.25, 0.3) is 0 Å². The number of rotatable bonds is 3. The van der Waals surface area contributed by atoms with Gasteiger partial charge in [0.15, 0.2) is 0 Å². The molecule has 2 fully saturated rings. The second kappa shape index (κ2) is 3.27. The summed E-state index contributed by atoms with van der Waals surface area (Å²) in [6, 6.07) is 0. The van der Waals surface area contributed by atoms with Gasteiger partial charge < -0.3 is 0 Å². The van der Waals surface area contributed by atoms with E-state index in [0.29, 0.717) is 12.8 Å². The van der Waals surface area contributed by atoms with Crippen LogP contribution in [0.5, 0.6) is 0 Å². The third-order valence-electron chi connectivity index (χ3n) is 4.68. The molecule has 0 radical (unpaired) electrons. The van der Waals surface area contributed by atoms with E-state index in [9.17, 15) is 13.2 Å². The van der Waals surface area contributed by atoms with Gasteiger partial charge in [0.2, 0.25) is 0 Å². The largest absolute Gasteiger partial charge is 0.299 e. The SMILES string of the molecule is CC1(C)C2CCC1(CS(=O)(=O)OO)C(=O)C2. The highest BCUT2D eigenvalue weighted by Gasteiger charge is 2.65. The molecule has 1 N–H and O–H groups in total. The van der Waals surface area contributed by atoms with Crippen LogP contribution in [0.4, 0.5) is 0 Å². The van der Waals surface area contributed by atoms with Crippen molar-refractivity contribution in [2.45, 2.75) is 33.1 Å². The van der Waals surface area contributed by atoms with Gasteiger partial charge in [0.1, 0.15) is 5.78 Å². The lowest BCUT2D eigenvalue weighted by molar-refractivity contribution is -0.135. The minimum absolute atomic E-state index is 0.00521. The summed E-state index contributed by atoms with van der Waals surface area (Å²) in [6.45, 7) is 3.87. The van der Waals surface area contributed by atoms with Crippen molar-refractivity contribution in [1.82, 2.24) is 0 Å². The van der Waals surface area contributed by atoms with Gasteiger partial charge >= 0.3 is 0 Å². The van der Waals surface area contributed by atoms with E-state index in [4.69, 9.17) is 5.26 Å². The molecule has 0 aliphatic heterocycles. The minimum Gasteiger partial charge on any atom is -0.299 e. The number of ketones is 1. The summed E-state index contributed by atoms with van der Waals surface area (Å²) in [6.07, 6.45) is 1.90. The van der Waals surface area contributed by atoms with Gasteiger partial charge in [0.05, 0.1) is 11.2 Å². The normalized spacial score (nSPS) is 36.9. The van der Waals surface area contributed by atoms with Crippen molar-refractivity contribution in [2.24, 2.45) is 16.7 Å². The standard InChI is InChI=1S/C10H16O5S/c1-9(2)7-3-4-10(9,8(11)5-7)6-16(13,14)15-12/h7,12H,3-6H2,1-2H3. The lowest BCUT2D eigenvalue weighted by Gasteiger charge is -2.35. The van der Waals surface area contributed by atoms with E-state index in [1.807, 2.05) is 13.8 Å². The smallest absolute Gasteiger partial charge is 0.294 e. The second-order valence-electron chi connectivity index (χ2n) is 5.44. The highest BCUT2D eigenvalue weighted by molar-refractivity contribution is 7.86. The van der Waals surface area contributed by atoms with E-state index in [-0.39, 0.29) is 17.1 Å². The number of Topliss-reactive ketones (excluding diaryl/α,β-unsaturated/α-hetero) is 1. The van der Waals surface area contributed by atoms with Crippen molar-refractivity contribution >= 4 is 15.9 Å². The summed E-state index contributed by atoms with van der Waals surface area (Å²) in [7, 11) is -4.02. The Morgan fingerprint density at radius 3 is 2.50 bits per heavy atom. The first-order chi connectivity index (χ1) is 7.25. The summed E-state index contributed by atoms with van der Waals surface area (Å²) in [4.78, 5) is 12.0. The first-order valence-electron chi connectivity index (χ1n) is 5.34. The fourth-order valence-corrected chi connectivity index (χ4v) is 4.77. The lowest BCUT2D eigenvalue weighted by atomic mass is 9.70. The Bertz CT molecular complexity index is 424. The van der Waals surface area contributed by atoms with Gasteiger partial charge in [-0.15, -0.1) is 4.33 Å². The van der Waals surface area contributed by atoms with Gasteiger partial charge in [0.25, 0.3) is 10.1 Å². The maximum atomic E-state index is 12.0. The Kier molecular flexibility index (Phi) is 2.46. The van der Waals surface area contributed by atoms with Crippen LogP contribution < -0.4 is 0 Å². The van der Waals surface area contributed by atoms with Crippen LogP contribution in [0, 0.1) is 16.7 Å². The van der Waals surface area contributed by atoms with Crippen LogP contribution in [-0.2, 0) is 19.2 Å². The molecular formula is C10H16O5S. The minimum atomic E-state index is -4.02. The van der Waals surface area contributed by atoms with E-state index in [1.54, 1.807) is 0 Å². The van der Waals surface area contributed by atoms with Crippen LogP contribution in [0.3, 0.4) is 0 Å². The van der Waals surface area contributed by atoms with Crippen LogP contribution >= 0.6 is 0 Å². The van der Waals surface area contributed by atoms with E-state index in [2.05, 4.69) is 4.33 Å². The zero-order valence-corrected chi connectivity index (χ0v) is 10.2. The zero-order chi connectivity index (χ0) is 12.2. The van der Waals surface area contributed by atoms with Crippen molar-refractivity contribution in [3.63, 3.8) is 0 Å². The number of carbonyl (C=O) groups is 1. The summed E-state index contributed by atoms with van der Waals surface area (Å²) in [5, 5.41) is 8.34. The van der Waals surface area contributed by atoms with Crippen molar-refractivity contribution in [2.75, 3.05) is 5.75 Å². The molecule has 2 aliphatic carbocycles. The van der Waals surface area contributed by atoms with Crippen molar-refractivity contribution in [1.29, 1.82) is 0 Å². The topological polar surface area (TPSA) is 80.7 Å². The molecule has 6 heteroatoms. The highest BCUT2D eigenvalue weighted by atomic mass is 32.2. The summed E-state index contributed by atoms with van der Waals surface area (Å²) < 4.78 is 26.2. The molecule has 0 aromatic rings. The van der Waals surface area contributed by atoms with Gasteiger partial charge in [-0.05, 0) is 24.2 Å². The number of carbonyl (C=O) groups excluding carboxylic acids is 1. The zero-order valence-electron chi connectivity index (χ0n) is 9.39. The molecule has 2 atom stereocenters. The maximum Gasteiger partial charge on any atom is 0.294 e. The molecule has 0 heterocycles. The molecule has 16 heavy (non-hydrogen) atoms. The molecule has 5 nitrogen and oxygen atoms in total. The summed E-state index contributed by atoms with van der Waals surface area (Å²) >= 11 is 0. The molecule has 0 amide bonds. The van der Waals surface area contributed by atoms with Gasteiger partial charge in [-0.1, -0.05) is 13.8 Å². The molecule has 2 rings (SSSR count). The van der Waals surface area contributed by atoms with Crippen molar-refractivity contribution in [3.8, 4) is 0 Å². The molecule has 2 unspecified atom stereocenters. The molecule has 0 aromatic carbocycles. The van der Waals surface area contributed by atoms with Crippen LogP contribution in [0.15, 0.2) is 0 Å². The van der Waals surface area contributed by atoms with E-state index < -0.39 is 21.3 Å². The predicted octanol–water partition coefficient (Wildman–Crippen LogP) is 1.20. The van der Waals surface area contributed by atoms with Crippen molar-refractivity contribution < 1.29 is 22.8 Å². The summed E-state index contributed by atoms with van der Waals surface area (Å²) in [5.74, 6) is -0.151. The van der Waals surface area contributed by atoms with Crippen LogP contribution in [0.1, 0.15) is 33.1 Å². The number of hydrogen-bond donors (Lipinski definition) is 1. The Hall–Kier alpha value is -0.460. The fraction of sp³-hybridized carbons (Fsp3) is 0.900. The van der Waals surface area contributed by atoms with Gasteiger partial charge in [-0.2, -0.15) is 8.42 Å². The average Bonchev–Trinajstić information content (AvgIpc) is 2.51. The van der Waals surface area contributed by atoms with Gasteiger partial charge in [-0.3, -0.25) is 4.79 Å². The first kappa shape index (κ1) is 12.0. The quantitative estimate of drug-likeness (QED) is 0.599. The third-order valence-corrected chi connectivity index (χ3v) is 5.75. The van der Waals surface area contributed by atoms with Crippen molar-refractivity contribution in [3.05, 3.63) is 0 Å². The highest BCUT2D eigenvalue weighted by Crippen LogP contribution is 2.64. The van der Waals surface area contributed by atoms with E-state index >= 15 is 0 Å². The molecule has 2 saturated carbocycles. The second-order valence-corrected chi connectivity index (χ2v) is 7.00. The van der Waals surface area contributed by atoms with E-state index in [1.165, 1.54) is 0 Å². The van der Waals surface area contributed by atoms with Gasteiger partial charge in [0, 0.05) is 6.42 Å². The van der Waals surface area contributed by atoms with Crippen LogP contribution in [-0.4, -0.2) is 25.2 Å². The number of hydrogen-bond acceptors (Lipinski definition) is 5. The Morgan fingerprint density at radius 2 is 2.12 bits per heavy atom. The Balaban J connectivity index is 2.40. The predicted molar refractivity (Wildman–Crippen MR) is 56.1 cm³/mol. The summed E-state index contributed by atoms with van der Waals surface area (Å²) in [5.41, 5.74) is -1.19. The first-order valence-corrected chi connectivity index (χ1v) is 6.92. The molecule has 0 spiro atoms. The number of fused-ring (bicyclic) bond motifs is 2. The molecule has 2 bridgehead atoms.